The van der Waals surface area contributed by atoms with Crippen molar-refractivity contribution in [3.05, 3.63) is 88.9 Å². The predicted molar refractivity (Wildman–Crippen MR) is 116 cm³/mol. The summed E-state index contributed by atoms with van der Waals surface area (Å²) in [6, 6.07) is 25.8. The van der Waals surface area contributed by atoms with Crippen LogP contribution in [0, 0.1) is 11.8 Å². The van der Waals surface area contributed by atoms with E-state index in [2.05, 4.69) is 45.2 Å². The summed E-state index contributed by atoms with van der Waals surface area (Å²) >= 11 is 3.39. The average Bonchev–Trinajstić information content (AvgIpc) is 2.72. The first-order valence-corrected chi connectivity index (χ1v) is 9.75. The lowest BCUT2D eigenvalue weighted by atomic mass is 10.0. The smallest absolute Gasteiger partial charge is 0.225 e. The fourth-order valence-corrected chi connectivity index (χ4v) is 3.00. The fraction of sp³-hybridized carbons (Fsp3) is 0.125. The Morgan fingerprint density at radius 2 is 1.64 bits per heavy atom. The number of hydrogen-bond acceptors (Lipinski definition) is 2. The van der Waals surface area contributed by atoms with Gasteiger partial charge in [0.15, 0.2) is 0 Å². The SMILES string of the molecule is O=C(Cc1ccc(-c2ccccc2)cc1)NCC#CCOc1cccc(Br)c1. The number of rotatable bonds is 6. The molecule has 0 saturated heterocycles. The lowest BCUT2D eigenvalue weighted by molar-refractivity contribution is -0.120. The molecular formula is C24H20BrNO2. The third-order valence-corrected chi connectivity index (χ3v) is 4.53. The minimum absolute atomic E-state index is 0.0466. The number of halogens is 1. The van der Waals surface area contributed by atoms with Crippen LogP contribution >= 0.6 is 15.9 Å². The highest BCUT2D eigenvalue weighted by Crippen LogP contribution is 2.19. The van der Waals surface area contributed by atoms with Crippen molar-refractivity contribution in [3.8, 4) is 28.7 Å². The van der Waals surface area contributed by atoms with E-state index < -0.39 is 0 Å². The van der Waals surface area contributed by atoms with E-state index >= 15 is 0 Å². The maximum absolute atomic E-state index is 12.0. The van der Waals surface area contributed by atoms with E-state index in [1.807, 2.05) is 66.7 Å². The molecule has 140 valence electrons. The summed E-state index contributed by atoms with van der Waals surface area (Å²) in [6.45, 7) is 0.593. The van der Waals surface area contributed by atoms with Crippen LogP contribution in [-0.4, -0.2) is 19.1 Å². The lowest BCUT2D eigenvalue weighted by Crippen LogP contribution is -2.25. The van der Waals surface area contributed by atoms with E-state index in [0.717, 1.165) is 21.3 Å². The van der Waals surface area contributed by atoms with Crippen molar-refractivity contribution in [1.29, 1.82) is 0 Å². The van der Waals surface area contributed by atoms with Crippen molar-refractivity contribution >= 4 is 21.8 Å². The van der Waals surface area contributed by atoms with E-state index in [9.17, 15) is 4.79 Å². The van der Waals surface area contributed by atoms with Crippen LogP contribution in [0.1, 0.15) is 5.56 Å². The highest BCUT2D eigenvalue weighted by atomic mass is 79.9. The first-order valence-electron chi connectivity index (χ1n) is 8.96. The molecule has 3 aromatic rings. The zero-order valence-electron chi connectivity index (χ0n) is 15.3. The van der Waals surface area contributed by atoms with Crippen LogP contribution in [0.4, 0.5) is 0 Å². The first kappa shape index (κ1) is 19.7. The van der Waals surface area contributed by atoms with Crippen LogP contribution in [0.5, 0.6) is 5.75 Å². The Hall–Kier alpha value is -3.03. The van der Waals surface area contributed by atoms with Gasteiger partial charge >= 0.3 is 0 Å². The standard InChI is InChI=1S/C24H20BrNO2/c25-22-9-6-10-23(18-22)28-16-5-4-15-26-24(27)17-19-11-13-21(14-12-19)20-7-2-1-3-8-20/h1-3,6-14,18H,15-17H2,(H,26,27). The summed E-state index contributed by atoms with van der Waals surface area (Å²) in [6.07, 6.45) is 0.339. The maximum Gasteiger partial charge on any atom is 0.225 e. The molecule has 0 fully saturated rings. The van der Waals surface area contributed by atoms with Crippen molar-refractivity contribution in [2.24, 2.45) is 0 Å². The second-order valence-corrected chi connectivity index (χ2v) is 7.03. The molecule has 3 rings (SSSR count). The minimum atomic E-state index is -0.0466. The van der Waals surface area contributed by atoms with Gasteiger partial charge in [-0.2, -0.15) is 0 Å². The van der Waals surface area contributed by atoms with Gasteiger partial charge in [0.25, 0.3) is 0 Å². The molecule has 0 aliphatic rings. The van der Waals surface area contributed by atoms with Gasteiger partial charge in [0.2, 0.25) is 5.91 Å². The maximum atomic E-state index is 12.0. The Balaban J connectivity index is 1.40. The Bertz CT molecular complexity index is 973. The Morgan fingerprint density at radius 1 is 0.893 bits per heavy atom. The topological polar surface area (TPSA) is 38.3 Å². The Kier molecular flexibility index (Phi) is 7.29. The Morgan fingerprint density at radius 3 is 2.39 bits per heavy atom. The van der Waals surface area contributed by atoms with Gasteiger partial charge in [-0.05, 0) is 34.9 Å². The summed E-state index contributed by atoms with van der Waals surface area (Å²) in [5.41, 5.74) is 3.28. The van der Waals surface area contributed by atoms with Crippen LogP contribution < -0.4 is 10.1 Å². The molecule has 0 bridgehead atoms. The number of hydrogen-bond donors (Lipinski definition) is 1. The molecule has 4 heteroatoms. The number of ether oxygens (including phenoxy) is 1. The number of benzene rings is 3. The molecule has 3 aromatic carbocycles. The van der Waals surface area contributed by atoms with E-state index in [1.165, 1.54) is 5.56 Å². The zero-order chi connectivity index (χ0) is 19.6. The molecule has 1 amide bonds. The third-order valence-electron chi connectivity index (χ3n) is 4.03. The monoisotopic (exact) mass is 433 g/mol. The van der Waals surface area contributed by atoms with E-state index in [-0.39, 0.29) is 12.5 Å². The van der Waals surface area contributed by atoms with Crippen LogP contribution in [0.3, 0.4) is 0 Å². The van der Waals surface area contributed by atoms with Crippen LogP contribution in [0.25, 0.3) is 11.1 Å². The summed E-state index contributed by atoms with van der Waals surface area (Å²) < 4.78 is 6.48. The van der Waals surface area contributed by atoms with Crippen molar-refractivity contribution in [1.82, 2.24) is 5.32 Å². The molecule has 0 atom stereocenters. The number of amides is 1. The number of carbonyl (C=O) groups excluding carboxylic acids is 1. The third kappa shape index (κ3) is 6.29. The van der Waals surface area contributed by atoms with Crippen molar-refractivity contribution in [3.63, 3.8) is 0 Å². The first-order chi connectivity index (χ1) is 13.7. The highest BCUT2D eigenvalue weighted by molar-refractivity contribution is 9.10. The molecule has 0 saturated carbocycles. The van der Waals surface area contributed by atoms with Crippen LogP contribution in [0.2, 0.25) is 0 Å². The molecule has 0 unspecified atom stereocenters. The largest absolute Gasteiger partial charge is 0.481 e. The molecule has 0 aromatic heterocycles. The molecular weight excluding hydrogens is 414 g/mol. The van der Waals surface area contributed by atoms with Crippen molar-refractivity contribution in [2.45, 2.75) is 6.42 Å². The quantitative estimate of drug-likeness (QED) is 0.563. The number of nitrogens with one attached hydrogen (secondary N) is 1. The lowest BCUT2D eigenvalue weighted by Gasteiger charge is -2.05. The van der Waals surface area contributed by atoms with Gasteiger partial charge in [-0.25, -0.2) is 0 Å². The van der Waals surface area contributed by atoms with Gasteiger partial charge in [0, 0.05) is 4.47 Å². The molecule has 1 N–H and O–H groups in total. The normalized spacial score (nSPS) is 9.89. The van der Waals surface area contributed by atoms with Crippen LogP contribution in [-0.2, 0) is 11.2 Å². The van der Waals surface area contributed by atoms with E-state index in [0.29, 0.717) is 13.0 Å². The average molecular weight is 434 g/mol. The van der Waals surface area contributed by atoms with E-state index in [4.69, 9.17) is 4.74 Å². The van der Waals surface area contributed by atoms with Crippen molar-refractivity contribution in [2.75, 3.05) is 13.2 Å². The van der Waals surface area contributed by atoms with Gasteiger partial charge in [0.1, 0.15) is 12.4 Å². The molecule has 0 heterocycles. The van der Waals surface area contributed by atoms with Gasteiger partial charge in [-0.3, -0.25) is 4.79 Å². The minimum Gasteiger partial charge on any atom is -0.481 e. The van der Waals surface area contributed by atoms with Crippen molar-refractivity contribution < 1.29 is 9.53 Å². The fourth-order valence-electron chi connectivity index (χ4n) is 2.63. The molecule has 0 radical (unpaired) electrons. The summed E-state index contributed by atoms with van der Waals surface area (Å²) in [4.78, 5) is 12.0. The second-order valence-electron chi connectivity index (χ2n) is 6.12. The molecule has 0 aliphatic carbocycles. The highest BCUT2D eigenvalue weighted by Gasteiger charge is 2.03. The molecule has 0 aliphatic heterocycles. The zero-order valence-corrected chi connectivity index (χ0v) is 16.9. The molecule has 3 nitrogen and oxygen atoms in total. The van der Waals surface area contributed by atoms with Gasteiger partial charge in [-0.15, -0.1) is 0 Å². The second kappa shape index (κ2) is 10.3. The molecule has 0 spiro atoms. The van der Waals surface area contributed by atoms with Gasteiger partial charge in [-0.1, -0.05) is 88.4 Å². The van der Waals surface area contributed by atoms with Crippen LogP contribution in [0.15, 0.2) is 83.3 Å². The summed E-state index contributed by atoms with van der Waals surface area (Å²) in [5.74, 6) is 6.50. The van der Waals surface area contributed by atoms with Gasteiger partial charge < -0.3 is 10.1 Å². The summed E-state index contributed by atoms with van der Waals surface area (Å²) in [5, 5.41) is 2.81. The van der Waals surface area contributed by atoms with E-state index in [1.54, 1.807) is 0 Å². The molecule has 28 heavy (non-hydrogen) atoms. The van der Waals surface area contributed by atoms with Gasteiger partial charge in [0.05, 0.1) is 13.0 Å². The Labute approximate surface area is 173 Å². The predicted octanol–water partition coefficient (Wildman–Crippen LogP) is 4.86. The summed E-state index contributed by atoms with van der Waals surface area (Å²) in [7, 11) is 0. The number of carbonyl (C=O) groups is 1.